The number of rotatable bonds is 7. The highest BCUT2D eigenvalue weighted by Crippen LogP contribution is 2.36. The van der Waals surface area contributed by atoms with Crippen molar-refractivity contribution in [3.63, 3.8) is 0 Å². The predicted molar refractivity (Wildman–Crippen MR) is 98.2 cm³/mol. The van der Waals surface area contributed by atoms with Crippen LogP contribution in [-0.2, 0) is 14.3 Å². The van der Waals surface area contributed by atoms with Crippen LogP contribution in [0, 0.1) is 48.6 Å². The number of carbonyl (C=O) groups excluding carboxylic acids is 3. The summed E-state index contributed by atoms with van der Waals surface area (Å²) < 4.78 is 5.07. The van der Waals surface area contributed by atoms with E-state index < -0.39 is 29.3 Å². The zero-order chi connectivity index (χ0) is 20.3. The molecule has 0 heterocycles. The standard InChI is InChI=1S/C20H25NO6/c1-11-5-13(3)15(6-12(11)2)19(23)10-27-20(24)8-16-17(9-21(25)26)14(4)7-18(16)22/h5-6,14,16-17H,7-10H2,1-4H3/t14-,16+,17+/m1/s1. The molecule has 27 heavy (non-hydrogen) atoms. The van der Waals surface area contributed by atoms with Crippen molar-refractivity contribution in [2.24, 2.45) is 17.8 Å². The Labute approximate surface area is 158 Å². The van der Waals surface area contributed by atoms with Crippen molar-refractivity contribution in [3.05, 3.63) is 44.5 Å². The smallest absolute Gasteiger partial charge is 0.306 e. The maximum absolute atomic E-state index is 12.4. The number of hydrogen-bond acceptors (Lipinski definition) is 6. The quantitative estimate of drug-likeness (QED) is 0.314. The zero-order valence-electron chi connectivity index (χ0n) is 16.1. The average Bonchev–Trinajstić information content (AvgIpc) is 2.82. The highest BCUT2D eigenvalue weighted by molar-refractivity contribution is 5.99. The van der Waals surface area contributed by atoms with E-state index in [-0.39, 0.29) is 36.9 Å². The van der Waals surface area contributed by atoms with E-state index in [0.29, 0.717) is 5.56 Å². The van der Waals surface area contributed by atoms with Gasteiger partial charge in [0.25, 0.3) is 0 Å². The first-order valence-electron chi connectivity index (χ1n) is 9.01. The van der Waals surface area contributed by atoms with E-state index in [9.17, 15) is 24.5 Å². The van der Waals surface area contributed by atoms with Crippen molar-refractivity contribution in [2.75, 3.05) is 13.2 Å². The van der Waals surface area contributed by atoms with E-state index in [0.717, 1.165) is 16.7 Å². The first kappa shape index (κ1) is 20.7. The zero-order valence-corrected chi connectivity index (χ0v) is 16.1. The lowest BCUT2D eigenvalue weighted by molar-refractivity contribution is -0.490. The van der Waals surface area contributed by atoms with Gasteiger partial charge in [0.2, 0.25) is 12.3 Å². The van der Waals surface area contributed by atoms with Gasteiger partial charge in [-0.05, 0) is 49.4 Å². The van der Waals surface area contributed by atoms with Crippen LogP contribution in [0.2, 0.25) is 0 Å². The van der Waals surface area contributed by atoms with Gasteiger partial charge in [-0.1, -0.05) is 13.0 Å². The molecule has 1 saturated carbocycles. The Balaban J connectivity index is 1.97. The summed E-state index contributed by atoms with van der Waals surface area (Å²) in [6, 6.07) is 3.68. The number of ether oxygens (including phenoxy) is 1. The maximum Gasteiger partial charge on any atom is 0.306 e. The maximum atomic E-state index is 12.4. The Bertz CT molecular complexity index is 785. The van der Waals surface area contributed by atoms with Crippen molar-refractivity contribution in [3.8, 4) is 0 Å². The van der Waals surface area contributed by atoms with Crippen LogP contribution in [-0.4, -0.2) is 35.6 Å². The summed E-state index contributed by atoms with van der Waals surface area (Å²) in [5.74, 6) is -2.46. The monoisotopic (exact) mass is 375 g/mol. The minimum atomic E-state index is -0.712. The largest absolute Gasteiger partial charge is 0.457 e. The summed E-state index contributed by atoms with van der Waals surface area (Å²) in [7, 11) is 0. The molecule has 7 nitrogen and oxygen atoms in total. The summed E-state index contributed by atoms with van der Waals surface area (Å²) in [5, 5.41) is 10.8. The van der Waals surface area contributed by atoms with Gasteiger partial charge in [0, 0.05) is 28.7 Å². The molecular weight excluding hydrogens is 350 g/mol. The molecule has 1 aliphatic carbocycles. The van der Waals surface area contributed by atoms with Crippen LogP contribution in [0.5, 0.6) is 0 Å². The Morgan fingerprint density at radius 2 is 1.81 bits per heavy atom. The molecular formula is C20H25NO6. The van der Waals surface area contributed by atoms with E-state index in [1.807, 2.05) is 26.8 Å². The summed E-state index contributed by atoms with van der Waals surface area (Å²) in [6.07, 6.45) is 0.0120. The molecule has 7 heteroatoms. The number of carbonyl (C=O) groups is 3. The predicted octanol–water partition coefficient (Wildman–Crippen LogP) is 2.85. The van der Waals surface area contributed by atoms with Gasteiger partial charge in [-0.2, -0.15) is 0 Å². The molecule has 0 aliphatic heterocycles. The molecule has 0 aromatic heterocycles. The molecule has 0 spiro atoms. The minimum Gasteiger partial charge on any atom is -0.457 e. The SMILES string of the molecule is Cc1cc(C)c(C(=O)COC(=O)C[C@@H]2C(=O)C[C@@H](C)[C@@H]2C[N+](=O)[O-])cc1C. The van der Waals surface area contributed by atoms with Crippen LogP contribution >= 0.6 is 0 Å². The normalized spacial score (nSPS) is 21.9. The molecule has 1 aromatic carbocycles. The number of Topliss-reactive ketones (excluding diaryl/α,β-unsaturated/α-hetero) is 2. The number of ketones is 2. The number of hydrogen-bond donors (Lipinski definition) is 0. The van der Waals surface area contributed by atoms with Gasteiger partial charge >= 0.3 is 5.97 Å². The number of aryl methyl sites for hydroxylation is 3. The van der Waals surface area contributed by atoms with E-state index >= 15 is 0 Å². The lowest BCUT2D eigenvalue weighted by Gasteiger charge is -2.17. The lowest BCUT2D eigenvalue weighted by atomic mass is 9.88. The van der Waals surface area contributed by atoms with Crippen molar-refractivity contribution in [1.29, 1.82) is 0 Å². The fourth-order valence-electron chi connectivity index (χ4n) is 3.72. The van der Waals surface area contributed by atoms with Gasteiger partial charge in [-0.15, -0.1) is 0 Å². The molecule has 146 valence electrons. The lowest BCUT2D eigenvalue weighted by Crippen LogP contribution is -2.28. The van der Waals surface area contributed by atoms with Crippen molar-refractivity contribution in [2.45, 2.75) is 40.5 Å². The molecule has 1 aliphatic rings. The third-order valence-corrected chi connectivity index (χ3v) is 5.44. The van der Waals surface area contributed by atoms with E-state index in [1.165, 1.54) is 0 Å². The van der Waals surface area contributed by atoms with Crippen LogP contribution in [0.3, 0.4) is 0 Å². The van der Waals surface area contributed by atoms with Crippen LogP contribution in [0.15, 0.2) is 12.1 Å². The number of nitrogens with zero attached hydrogens (tertiary/aromatic N) is 1. The first-order valence-corrected chi connectivity index (χ1v) is 9.01. The number of nitro groups is 1. The molecule has 2 rings (SSSR count). The summed E-state index contributed by atoms with van der Waals surface area (Å²) in [6.45, 7) is 6.72. The molecule has 1 fully saturated rings. The third kappa shape index (κ3) is 4.99. The van der Waals surface area contributed by atoms with Crippen LogP contribution in [0.4, 0.5) is 0 Å². The molecule has 0 N–H and O–H groups in total. The van der Waals surface area contributed by atoms with Crippen LogP contribution in [0.25, 0.3) is 0 Å². The Hall–Kier alpha value is -2.57. The van der Waals surface area contributed by atoms with Gasteiger partial charge in [0.15, 0.2) is 6.61 Å². The summed E-state index contributed by atoms with van der Waals surface area (Å²) in [5.41, 5.74) is 3.36. The molecule has 0 bridgehead atoms. The second kappa shape index (κ2) is 8.41. The van der Waals surface area contributed by atoms with Crippen molar-refractivity contribution in [1.82, 2.24) is 0 Å². The minimum absolute atomic E-state index is 0.138. The van der Waals surface area contributed by atoms with Crippen LogP contribution < -0.4 is 0 Å². The van der Waals surface area contributed by atoms with Gasteiger partial charge < -0.3 is 4.74 Å². The third-order valence-electron chi connectivity index (χ3n) is 5.44. The van der Waals surface area contributed by atoms with Crippen molar-refractivity contribution >= 4 is 17.5 Å². The Morgan fingerprint density at radius 3 is 2.44 bits per heavy atom. The number of esters is 1. The van der Waals surface area contributed by atoms with Crippen molar-refractivity contribution < 1.29 is 24.0 Å². The highest BCUT2D eigenvalue weighted by atomic mass is 16.6. The Kier molecular flexibility index (Phi) is 6.46. The average molecular weight is 375 g/mol. The van der Waals surface area contributed by atoms with Gasteiger partial charge in [0.1, 0.15) is 5.78 Å². The molecule has 0 radical (unpaired) electrons. The van der Waals surface area contributed by atoms with E-state index in [4.69, 9.17) is 4.74 Å². The second-order valence-corrected chi connectivity index (χ2v) is 7.47. The van der Waals surface area contributed by atoms with Gasteiger partial charge in [-0.3, -0.25) is 24.5 Å². The Morgan fingerprint density at radius 1 is 1.19 bits per heavy atom. The first-order chi connectivity index (χ1) is 12.6. The van der Waals surface area contributed by atoms with Gasteiger partial charge in [0.05, 0.1) is 6.42 Å². The molecule has 3 atom stereocenters. The fourth-order valence-corrected chi connectivity index (χ4v) is 3.72. The second-order valence-electron chi connectivity index (χ2n) is 7.47. The fraction of sp³-hybridized carbons (Fsp3) is 0.550. The molecule has 1 aromatic rings. The van der Waals surface area contributed by atoms with E-state index in [2.05, 4.69) is 0 Å². The topological polar surface area (TPSA) is 104 Å². The number of benzene rings is 1. The summed E-state index contributed by atoms with van der Waals surface area (Å²) in [4.78, 5) is 47.0. The van der Waals surface area contributed by atoms with Crippen LogP contribution in [0.1, 0.15) is 46.8 Å². The highest BCUT2D eigenvalue weighted by Gasteiger charge is 2.44. The molecule has 0 unspecified atom stereocenters. The van der Waals surface area contributed by atoms with E-state index in [1.54, 1.807) is 13.0 Å². The molecule has 0 amide bonds. The van der Waals surface area contributed by atoms with Gasteiger partial charge in [-0.25, -0.2) is 0 Å². The molecule has 0 saturated heterocycles. The summed E-state index contributed by atoms with van der Waals surface area (Å²) >= 11 is 0.